The Bertz CT molecular complexity index is 331. The SMILES string of the molecule is BC1C/C=C(\C)CC2C=C(CC1)C(=O)O2. The van der Waals surface area contributed by atoms with E-state index in [9.17, 15) is 4.79 Å². The number of ether oxygens (including phenoxy) is 1. The fourth-order valence-corrected chi connectivity index (χ4v) is 2.15. The summed E-state index contributed by atoms with van der Waals surface area (Å²) in [5.41, 5.74) is 2.22. The lowest BCUT2D eigenvalue weighted by atomic mass is 9.79. The molecule has 0 amide bonds. The third-order valence-electron chi connectivity index (χ3n) is 3.21. The number of hydrogen-bond donors (Lipinski definition) is 0. The predicted molar refractivity (Wildman–Crippen MR) is 62.5 cm³/mol. The van der Waals surface area contributed by atoms with E-state index in [1.54, 1.807) is 0 Å². The first-order valence-electron chi connectivity index (χ1n) is 5.72. The first-order chi connectivity index (χ1) is 7.15. The Morgan fingerprint density at radius 3 is 3.13 bits per heavy atom. The highest BCUT2D eigenvalue weighted by atomic mass is 16.5. The van der Waals surface area contributed by atoms with Gasteiger partial charge in [0.05, 0.1) is 0 Å². The molecule has 1 heterocycles. The zero-order chi connectivity index (χ0) is 10.8. The number of fused-ring (bicyclic) bond motifs is 1. The Morgan fingerprint density at radius 1 is 1.53 bits per heavy atom. The third-order valence-corrected chi connectivity index (χ3v) is 3.21. The number of esters is 1. The van der Waals surface area contributed by atoms with Gasteiger partial charge in [0.15, 0.2) is 0 Å². The zero-order valence-corrected chi connectivity index (χ0v) is 9.45. The number of hydrogen-bond acceptors (Lipinski definition) is 2. The summed E-state index contributed by atoms with van der Waals surface area (Å²) in [6, 6.07) is 0. The highest BCUT2D eigenvalue weighted by molar-refractivity contribution is 6.11. The summed E-state index contributed by atoms with van der Waals surface area (Å²) in [6.07, 6.45) is 8.24. The van der Waals surface area contributed by atoms with Gasteiger partial charge in [-0.3, -0.25) is 0 Å². The van der Waals surface area contributed by atoms with Gasteiger partial charge >= 0.3 is 5.97 Å². The summed E-state index contributed by atoms with van der Waals surface area (Å²) in [5, 5.41) is 0. The van der Waals surface area contributed by atoms with Crippen molar-refractivity contribution in [3.63, 3.8) is 0 Å². The van der Waals surface area contributed by atoms with E-state index in [-0.39, 0.29) is 12.1 Å². The topological polar surface area (TPSA) is 26.3 Å². The summed E-state index contributed by atoms with van der Waals surface area (Å²) < 4.78 is 5.29. The maximum atomic E-state index is 11.5. The van der Waals surface area contributed by atoms with Crippen LogP contribution in [0.3, 0.4) is 0 Å². The minimum atomic E-state index is -0.0955. The molecule has 0 N–H and O–H groups in total. The van der Waals surface area contributed by atoms with E-state index in [1.165, 1.54) is 5.57 Å². The first kappa shape index (κ1) is 10.5. The molecular formula is C12H17BO2. The van der Waals surface area contributed by atoms with E-state index in [2.05, 4.69) is 20.8 Å². The fraction of sp³-hybridized carbons (Fsp3) is 0.583. The molecule has 0 fully saturated rings. The van der Waals surface area contributed by atoms with Gasteiger partial charge in [-0.15, -0.1) is 0 Å². The molecule has 1 aliphatic carbocycles. The molecule has 2 unspecified atom stereocenters. The van der Waals surface area contributed by atoms with Crippen LogP contribution in [-0.2, 0) is 9.53 Å². The molecule has 2 rings (SSSR count). The van der Waals surface area contributed by atoms with Gasteiger partial charge in [0.2, 0.25) is 0 Å². The summed E-state index contributed by atoms with van der Waals surface area (Å²) >= 11 is 0. The van der Waals surface area contributed by atoms with E-state index in [1.807, 2.05) is 6.08 Å². The molecule has 2 atom stereocenters. The van der Waals surface area contributed by atoms with Crippen molar-refractivity contribution in [3.8, 4) is 0 Å². The highest BCUT2D eigenvalue weighted by Gasteiger charge is 2.26. The number of carbonyl (C=O) groups is 1. The first-order valence-corrected chi connectivity index (χ1v) is 5.72. The quantitative estimate of drug-likeness (QED) is 0.341. The van der Waals surface area contributed by atoms with Crippen LogP contribution in [0, 0.1) is 0 Å². The normalized spacial score (nSPS) is 35.1. The van der Waals surface area contributed by atoms with Crippen molar-refractivity contribution < 1.29 is 9.53 Å². The molecule has 0 aromatic rings. The Morgan fingerprint density at radius 2 is 2.33 bits per heavy atom. The van der Waals surface area contributed by atoms with Crippen molar-refractivity contribution in [1.82, 2.24) is 0 Å². The molecule has 2 aliphatic rings. The second kappa shape index (κ2) is 4.25. The lowest BCUT2D eigenvalue weighted by Gasteiger charge is -2.10. The lowest BCUT2D eigenvalue weighted by Crippen LogP contribution is -2.08. The van der Waals surface area contributed by atoms with Crippen LogP contribution in [0.4, 0.5) is 0 Å². The van der Waals surface area contributed by atoms with Crippen LogP contribution in [-0.4, -0.2) is 19.9 Å². The number of allylic oxidation sites excluding steroid dienone is 1. The van der Waals surface area contributed by atoms with Gasteiger partial charge in [-0.25, -0.2) is 4.79 Å². The summed E-state index contributed by atoms with van der Waals surface area (Å²) in [7, 11) is 2.24. The summed E-state index contributed by atoms with van der Waals surface area (Å²) in [4.78, 5) is 11.5. The molecule has 2 nitrogen and oxygen atoms in total. The Balaban J connectivity index is 2.15. The van der Waals surface area contributed by atoms with E-state index >= 15 is 0 Å². The van der Waals surface area contributed by atoms with Gasteiger partial charge in [0.1, 0.15) is 14.0 Å². The molecule has 15 heavy (non-hydrogen) atoms. The third kappa shape index (κ3) is 2.52. The smallest absolute Gasteiger partial charge is 0.334 e. The summed E-state index contributed by atoms with van der Waals surface area (Å²) in [6.45, 7) is 2.12. The molecule has 2 bridgehead atoms. The second-order valence-electron chi connectivity index (χ2n) is 4.77. The van der Waals surface area contributed by atoms with Crippen molar-refractivity contribution >= 4 is 13.8 Å². The molecule has 3 heteroatoms. The van der Waals surface area contributed by atoms with E-state index in [0.717, 1.165) is 31.3 Å². The standard InChI is InChI=1S/C12H17BO2/c1-8-2-4-10(13)5-3-9-7-11(6-8)15-12(9)14/h2,7,10-11H,3-6,13H2,1H3/b8-2+. The molecule has 0 radical (unpaired) electrons. The predicted octanol–water partition coefficient (Wildman–Crippen LogP) is 1.78. The maximum Gasteiger partial charge on any atom is 0.334 e. The second-order valence-corrected chi connectivity index (χ2v) is 4.77. The van der Waals surface area contributed by atoms with Gasteiger partial charge in [-0.05, 0) is 25.8 Å². The minimum Gasteiger partial charge on any atom is -0.454 e. The van der Waals surface area contributed by atoms with Crippen molar-refractivity contribution in [2.75, 3.05) is 0 Å². The molecule has 1 aliphatic heterocycles. The van der Waals surface area contributed by atoms with Gasteiger partial charge in [-0.1, -0.05) is 23.9 Å². The van der Waals surface area contributed by atoms with Gasteiger partial charge in [0, 0.05) is 12.0 Å². The Hall–Kier alpha value is -0.985. The van der Waals surface area contributed by atoms with Gasteiger partial charge in [-0.2, -0.15) is 0 Å². The zero-order valence-electron chi connectivity index (χ0n) is 9.45. The molecule has 0 saturated heterocycles. The van der Waals surface area contributed by atoms with Crippen LogP contribution in [0.2, 0.25) is 5.82 Å². The number of carbonyl (C=O) groups excluding carboxylic acids is 1. The summed E-state index contributed by atoms with van der Waals surface area (Å²) in [5.74, 6) is 0.563. The van der Waals surface area contributed by atoms with Gasteiger partial charge in [0.25, 0.3) is 0 Å². The van der Waals surface area contributed by atoms with Crippen molar-refractivity contribution in [3.05, 3.63) is 23.3 Å². The van der Waals surface area contributed by atoms with Crippen LogP contribution >= 0.6 is 0 Å². The van der Waals surface area contributed by atoms with Crippen molar-refractivity contribution in [1.29, 1.82) is 0 Å². The molecule has 0 aromatic heterocycles. The molecule has 0 aromatic carbocycles. The van der Waals surface area contributed by atoms with Gasteiger partial charge < -0.3 is 4.74 Å². The van der Waals surface area contributed by atoms with E-state index in [4.69, 9.17) is 4.74 Å². The van der Waals surface area contributed by atoms with Crippen LogP contribution in [0.1, 0.15) is 32.6 Å². The Labute approximate surface area is 91.8 Å². The Kier molecular flexibility index (Phi) is 2.99. The average molecular weight is 204 g/mol. The van der Waals surface area contributed by atoms with Crippen LogP contribution in [0.5, 0.6) is 0 Å². The van der Waals surface area contributed by atoms with Crippen LogP contribution in [0.15, 0.2) is 23.3 Å². The molecule has 0 spiro atoms. The largest absolute Gasteiger partial charge is 0.454 e. The van der Waals surface area contributed by atoms with E-state index < -0.39 is 0 Å². The lowest BCUT2D eigenvalue weighted by molar-refractivity contribution is -0.139. The van der Waals surface area contributed by atoms with Crippen LogP contribution < -0.4 is 0 Å². The number of rotatable bonds is 0. The van der Waals surface area contributed by atoms with Crippen molar-refractivity contribution in [2.24, 2.45) is 0 Å². The van der Waals surface area contributed by atoms with Crippen molar-refractivity contribution in [2.45, 2.75) is 44.5 Å². The average Bonchev–Trinajstić information content (AvgIpc) is 2.51. The fourth-order valence-electron chi connectivity index (χ4n) is 2.15. The maximum absolute atomic E-state index is 11.5. The molecule has 80 valence electrons. The molecule has 0 saturated carbocycles. The monoisotopic (exact) mass is 204 g/mol. The van der Waals surface area contributed by atoms with Crippen LogP contribution in [0.25, 0.3) is 0 Å². The van der Waals surface area contributed by atoms with E-state index in [0.29, 0.717) is 5.82 Å². The minimum absolute atomic E-state index is 0.00263. The highest BCUT2D eigenvalue weighted by Crippen LogP contribution is 2.28. The molecular weight excluding hydrogens is 187 g/mol.